The van der Waals surface area contributed by atoms with Crippen LogP contribution < -0.4 is 4.74 Å². The largest absolute Gasteiger partial charge is 0.504 e. The van der Waals surface area contributed by atoms with Gasteiger partial charge in [-0.25, -0.2) is 0 Å². The number of hydrogen-bond acceptors (Lipinski definition) is 3. The Hall–Kier alpha value is -1.22. The van der Waals surface area contributed by atoms with Gasteiger partial charge in [0.15, 0.2) is 11.5 Å². The first-order valence-corrected chi connectivity index (χ1v) is 5.09. The zero-order valence-corrected chi connectivity index (χ0v) is 9.29. The number of ether oxygens (including phenoxy) is 1. The van der Waals surface area contributed by atoms with Gasteiger partial charge in [0.1, 0.15) is 0 Å². The van der Waals surface area contributed by atoms with Crippen LogP contribution in [0.15, 0.2) is 6.07 Å². The number of methoxy groups -OCH3 is 1. The molecule has 1 saturated carbocycles. The van der Waals surface area contributed by atoms with Crippen LogP contribution in [0, 0.1) is 13.8 Å². The van der Waals surface area contributed by atoms with Crippen molar-refractivity contribution in [2.75, 3.05) is 7.11 Å². The van der Waals surface area contributed by atoms with E-state index in [0.717, 1.165) is 29.5 Å². The molecule has 15 heavy (non-hydrogen) atoms. The van der Waals surface area contributed by atoms with Crippen LogP contribution in [0.3, 0.4) is 0 Å². The Bertz CT molecular complexity index is 406. The van der Waals surface area contributed by atoms with Gasteiger partial charge < -0.3 is 14.9 Å². The molecule has 0 aromatic heterocycles. The highest BCUT2D eigenvalue weighted by molar-refractivity contribution is 5.56. The average molecular weight is 208 g/mol. The van der Waals surface area contributed by atoms with E-state index in [4.69, 9.17) is 4.74 Å². The SMILES string of the molecule is COc1c(C)c(C2(O)CC2)cc(C)c1O. The van der Waals surface area contributed by atoms with Crippen molar-refractivity contribution in [1.29, 1.82) is 0 Å². The first kappa shape index (κ1) is 10.3. The molecule has 1 aliphatic carbocycles. The summed E-state index contributed by atoms with van der Waals surface area (Å²) < 4.78 is 5.16. The van der Waals surface area contributed by atoms with E-state index in [0.29, 0.717) is 5.75 Å². The van der Waals surface area contributed by atoms with Gasteiger partial charge in [0, 0.05) is 5.56 Å². The van der Waals surface area contributed by atoms with Gasteiger partial charge in [-0.3, -0.25) is 0 Å². The summed E-state index contributed by atoms with van der Waals surface area (Å²) in [6.07, 6.45) is 1.59. The molecular formula is C12H16O3. The Morgan fingerprint density at radius 2 is 1.93 bits per heavy atom. The first-order chi connectivity index (χ1) is 6.99. The molecule has 3 nitrogen and oxygen atoms in total. The number of hydrogen-bond donors (Lipinski definition) is 2. The third-order valence-electron chi connectivity index (χ3n) is 3.12. The molecule has 2 rings (SSSR count). The molecule has 0 atom stereocenters. The topological polar surface area (TPSA) is 49.7 Å². The number of aromatic hydroxyl groups is 1. The maximum atomic E-state index is 10.1. The molecule has 0 amide bonds. The highest BCUT2D eigenvalue weighted by Crippen LogP contribution is 2.50. The average Bonchev–Trinajstić information content (AvgIpc) is 2.92. The Kier molecular flexibility index (Phi) is 2.15. The van der Waals surface area contributed by atoms with Crippen LogP contribution in [0.4, 0.5) is 0 Å². The lowest BCUT2D eigenvalue weighted by molar-refractivity contribution is 0.150. The van der Waals surface area contributed by atoms with Gasteiger partial charge >= 0.3 is 0 Å². The van der Waals surface area contributed by atoms with Crippen molar-refractivity contribution >= 4 is 0 Å². The second kappa shape index (κ2) is 3.14. The van der Waals surface area contributed by atoms with E-state index in [1.54, 1.807) is 0 Å². The van der Waals surface area contributed by atoms with E-state index in [-0.39, 0.29) is 5.75 Å². The summed E-state index contributed by atoms with van der Waals surface area (Å²) in [5, 5.41) is 19.9. The van der Waals surface area contributed by atoms with Crippen molar-refractivity contribution < 1.29 is 14.9 Å². The Morgan fingerprint density at radius 3 is 2.40 bits per heavy atom. The quantitative estimate of drug-likeness (QED) is 0.781. The highest BCUT2D eigenvalue weighted by Gasteiger charge is 2.44. The molecule has 1 fully saturated rings. The zero-order chi connectivity index (χ0) is 11.2. The van der Waals surface area contributed by atoms with Crippen molar-refractivity contribution in [2.24, 2.45) is 0 Å². The predicted molar refractivity (Wildman–Crippen MR) is 57.3 cm³/mol. The Balaban J connectivity index is 2.62. The van der Waals surface area contributed by atoms with E-state index >= 15 is 0 Å². The molecule has 0 aliphatic heterocycles. The monoisotopic (exact) mass is 208 g/mol. The number of aryl methyl sites for hydroxylation is 1. The zero-order valence-electron chi connectivity index (χ0n) is 9.29. The van der Waals surface area contributed by atoms with Gasteiger partial charge in [-0.15, -0.1) is 0 Å². The lowest BCUT2D eigenvalue weighted by Crippen LogP contribution is -2.08. The summed E-state index contributed by atoms with van der Waals surface area (Å²) in [5.74, 6) is 0.647. The molecule has 1 aromatic carbocycles. The van der Waals surface area contributed by atoms with Crippen LogP contribution >= 0.6 is 0 Å². The van der Waals surface area contributed by atoms with E-state index in [9.17, 15) is 10.2 Å². The van der Waals surface area contributed by atoms with Crippen molar-refractivity contribution in [3.05, 3.63) is 22.8 Å². The number of aliphatic hydroxyl groups is 1. The van der Waals surface area contributed by atoms with Crippen LogP contribution in [0.25, 0.3) is 0 Å². The summed E-state index contributed by atoms with van der Waals surface area (Å²) in [6, 6.07) is 1.85. The highest BCUT2D eigenvalue weighted by atomic mass is 16.5. The molecule has 82 valence electrons. The third kappa shape index (κ3) is 1.47. The van der Waals surface area contributed by atoms with Crippen molar-refractivity contribution in [3.8, 4) is 11.5 Å². The standard InChI is InChI=1S/C12H16O3/c1-7-6-9(12(14)4-5-12)8(2)11(15-3)10(7)13/h6,13-14H,4-5H2,1-3H3. The lowest BCUT2D eigenvalue weighted by atomic mass is 9.97. The van der Waals surface area contributed by atoms with Crippen LogP contribution in [0.1, 0.15) is 29.5 Å². The Labute approximate surface area is 89.3 Å². The number of benzene rings is 1. The van der Waals surface area contributed by atoms with Crippen molar-refractivity contribution in [2.45, 2.75) is 32.3 Å². The maximum Gasteiger partial charge on any atom is 0.164 e. The van der Waals surface area contributed by atoms with Crippen LogP contribution in [-0.2, 0) is 5.60 Å². The molecule has 0 heterocycles. The van der Waals surface area contributed by atoms with Crippen molar-refractivity contribution in [1.82, 2.24) is 0 Å². The fraction of sp³-hybridized carbons (Fsp3) is 0.500. The molecule has 0 radical (unpaired) electrons. The molecule has 1 aromatic rings. The fourth-order valence-electron chi connectivity index (χ4n) is 1.99. The van der Waals surface area contributed by atoms with Crippen LogP contribution in [0.2, 0.25) is 0 Å². The maximum absolute atomic E-state index is 10.1. The van der Waals surface area contributed by atoms with Gasteiger partial charge in [0.05, 0.1) is 12.7 Å². The molecule has 0 saturated heterocycles. The smallest absolute Gasteiger partial charge is 0.164 e. The van der Waals surface area contributed by atoms with Crippen LogP contribution in [0.5, 0.6) is 11.5 Å². The second-order valence-electron chi connectivity index (χ2n) is 4.28. The Morgan fingerprint density at radius 1 is 1.33 bits per heavy atom. The minimum Gasteiger partial charge on any atom is -0.504 e. The van der Waals surface area contributed by atoms with Gasteiger partial charge in [-0.2, -0.15) is 0 Å². The fourth-order valence-corrected chi connectivity index (χ4v) is 1.99. The van der Waals surface area contributed by atoms with Gasteiger partial charge in [0.25, 0.3) is 0 Å². The minimum absolute atomic E-state index is 0.169. The van der Waals surface area contributed by atoms with E-state index < -0.39 is 5.60 Å². The summed E-state index contributed by atoms with van der Waals surface area (Å²) in [5.41, 5.74) is 1.78. The molecule has 0 unspecified atom stereocenters. The molecule has 0 spiro atoms. The molecule has 2 N–H and O–H groups in total. The summed E-state index contributed by atoms with van der Waals surface area (Å²) >= 11 is 0. The number of rotatable bonds is 2. The van der Waals surface area contributed by atoms with E-state index in [1.165, 1.54) is 7.11 Å². The first-order valence-electron chi connectivity index (χ1n) is 5.09. The molecule has 1 aliphatic rings. The second-order valence-corrected chi connectivity index (χ2v) is 4.28. The molecular weight excluding hydrogens is 192 g/mol. The summed E-state index contributed by atoms with van der Waals surface area (Å²) in [4.78, 5) is 0. The van der Waals surface area contributed by atoms with Gasteiger partial charge in [0.2, 0.25) is 0 Å². The van der Waals surface area contributed by atoms with Gasteiger partial charge in [-0.05, 0) is 43.9 Å². The van der Waals surface area contributed by atoms with E-state index in [1.807, 2.05) is 19.9 Å². The lowest BCUT2D eigenvalue weighted by Gasteiger charge is -2.17. The normalized spacial score (nSPS) is 17.6. The van der Waals surface area contributed by atoms with Gasteiger partial charge in [-0.1, -0.05) is 0 Å². The summed E-state index contributed by atoms with van der Waals surface area (Å²) in [6.45, 7) is 3.68. The summed E-state index contributed by atoms with van der Waals surface area (Å²) in [7, 11) is 1.53. The molecule has 3 heteroatoms. The minimum atomic E-state index is -0.685. The molecule has 0 bridgehead atoms. The number of phenolic OH excluding ortho intramolecular Hbond substituents is 1. The third-order valence-corrected chi connectivity index (χ3v) is 3.12. The van der Waals surface area contributed by atoms with Crippen molar-refractivity contribution in [3.63, 3.8) is 0 Å². The van der Waals surface area contributed by atoms with E-state index in [2.05, 4.69) is 0 Å². The predicted octanol–water partition coefficient (Wildman–Crippen LogP) is 2.00. The van der Waals surface area contributed by atoms with Crippen LogP contribution in [-0.4, -0.2) is 17.3 Å². The number of phenols is 1.